The summed E-state index contributed by atoms with van der Waals surface area (Å²) in [4.78, 5) is 2.48. The topological polar surface area (TPSA) is 23.5 Å². The number of rotatable bonds is 3. The molecule has 0 amide bonds. The summed E-state index contributed by atoms with van der Waals surface area (Å²) in [6.07, 6.45) is 4.91. The van der Waals surface area contributed by atoms with Crippen molar-refractivity contribution in [2.45, 2.75) is 31.1 Å². The van der Waals surface area contributed by atoms with Crippen molar-refractivity contribution >= 4 is 5.69 Å². The summed E-state index contributed by atoms with van der Waals surface area (Å²) in [5, 5.41) is 9.56. The molecule has 1 heterocycles. The van der Waals surface area contributed by atoms with Crippen molar-refractivity contribution in [1.82, 2.24) is 0 Å². The Morgan fingerprint density at radius 2 is 1.81 bits per heavy atom. The SMILES string of the molecule is OCC1(c2ccccc2N2CCCC2)CC1. The van der Waals surface area contributed by atoms with E-state index in [1.165, 1.54) is 37.2 Å². The monoisotopic (exact) mass is 217 g/mol. The smallest absolute Gasteiger partial charge is 0.0528 e. The second kappa shape index (κ2) is 3.77. The molecule has 1 saturated carbocycles. The van der Waals surface area contributed by atoms with Crippen molar-refractivity contribution in [3.8, 4) is 0 Å². The molecule has 1 aromatic carbocycles. The first-order chi connectivity index (χ1) is 7.86. The third-order valence-electron chi connectivity index (χ3n) is 4.08. The highest BCUT2D eigenvalue weighted by Crippen LogP contribution is 2.51. The number of benzene rings is 1. The van der Waals surface area contributed by atoms with Gasteiger partial charge in [0.15, 0.2) is 0 Å². The molecule has 1 saturated heterocycles. The molecule has 2 nitrogen and oxygen atoms in total. The summed E-state index contributed by atoms with van der Waals surface area (Å²) >= 11 is 0. The van der Waals surface area contributed by atoms with Crippen LogP contribution in [0.25, 0.3) is 0 Å². The number of anilines is 1. The summed E-state index contributed by atoms with van der Waals surface area (Å²) in [7, 11) is 0. The minimum absolute atomic E-state index is 0.0964. The lowest BCUT2D eigenvalue weighted by Gasteiger charge is -2.25. The van der Waals surface area contributed by atoms with Crippen molar-refractivity contribution in [3.05, 3.63) is 29.8 Å². The molecule has 0 radical (unpaired) electrons. The van der Waals surface area contributed by atoms with E-state index in [4.69, 9.17) is 0 Å². The van der Waals surface area contributed by atoms with Crippen molar-refractivity contribution < 1.29 is 5.11 Å². The molecule has 86 valence electrons. The summed E-state index contributed by atoms with van der Waals surface area (Å²) in [5.74, 6) is 0. The molecular formula is C14H19NO. The molecule has 2 aliphatic rings. The molecule has 0 spiro atoms. The average molecular weight is 217 g/mol. The second-order valence-corrected chi connectivity index (χ2v) is 5.15. The van der Waals surface area contributed by atoms with E-state index in [9.17, 15) is 5.11 Å². The van der Waals surface area contributed by atoms with E-state index in [0.717, 1.165) is 12.8 Å². The highest BCUT2D eigenvalue weighted by molar-refractivity contribution is 5.59. The van der Waals surface area contributed by atoms with Gasteiger partial charge in [0.2, 0.25) is 0 Å². The van der Waals surface area contributed by atoms with E-state index in [2.05, 4.69) is 29.2 Å². The maximum atomic E-state index is 9.56. The van der Waals surface area contributed by atoms with Crippen LogP contribution in [0.2, 0.25) is 0 Å². The van der Waals surface area contributed by atoms with E-state index in [1.54, 1.807) is 0 Å². The molecule has 1 N–H and O–H groups in total. The van der Waals surface area contributed by atoms with Crippen LogP contribution in [0.3, 0.4) is 0 Å². The van der Waals surface area contributed by atoms with Crippen LogP contribution in [0.1, 0.15) is 31.2 Å². The fourth-order valence-corrected chi connectivity index (χ4v) is 2.82. The van der Waals surface area contributed by atoms with Crippen molar-refractivity contribution in [2.24, 2.45) is 0 Å². The molecule has 2 fully saturated rings. The van der Waals surface area contributed by atoms with Gasteiger partial charge in [-0.2, -0.15) is 0 Å². The van der Waals surface area contributed by atoms with Crippen LogP contribution in [-0.4, -0.2) is 24.8 Å². The average Bonchev–Trinajstić information content (AvgIpc) is 2.95. The van der Waals surface area contributed by atoms with E-state index in [-0.39, 0.29) is 5.41 Å². The quantitative estimate of drug-likeness (QED) is 0.840. The summed E-state index contributed by atoms with van der Waals surface area (Å²) in [6.45, 7) is 2.66. The van der Waals surface area contributed by atoms with Gasteiger partial charge in [0.05, 0.1) is 6.61 Å². The largest absolute Gasteiger partial charge is 0.395 e. The Labute approximate surface area is 96.9 Å². The van der Waals surface area contributed by atoms with Gasteiger partial charge in [-0.25, -0.2) is 0 Å². The standard InChI is InChI=1S/C14H19NO/c16-11-14(7-8-14)12-5-1-2-6-13(12)15-9-3-4-10-15/h1-2,5-6,16H,3-4,7-11H2. The van der Waals surface area contributed by atoms with Crippen LogP contribution >= 0.6 is 0 Å². The molecule has 1 aliphatic heterocycles. The zero-order valence-corrected chi connectivity index (χ0v) is 9.65. The molecule has 1 aromatic rings. The van der Waals surface area contributed by atoms with Crippen LogP contribution in [0.15, 0.2) is 24.3 Å². The zero-order chi connectivity index (χ0) is 11.0. The van der Waals surface area contributed by atoms with Crippen molar-refractivity contribution in [1.29, 1.82) is 0 Å². The molecule has 3 rings (SSSR count). The number of para-hydroxylation sites is 1. The second-order valence-electron chi connectivity index (χ2n) is 5.15. The summed E-state index contributed by atoms with van der Waals surface area (Å²) in [6, 6.07) is 8.64. The zero-order valence-electron chi connectivity index (χ0n) is 9.65. The Kier molecular flexibility index (Phi) is 2.40. The lowest BCUT2D eigenvalue weighted by molar-refractivity contribution is 0.255. The lowest BCUT2D eigenvalue weighted by Crippen LogP contribution is -2.23. The van der Waals surface area contributed by atoms with E-state index < -0.39 is 0 Å². The van der Waals surface area contributed by atoms with Crippen LogP contribution < -0.4 is 4.90 Å². The number of aliphatic hydroxyl groups is 1. The van der Waals surface area contributed by atoms with Gasteiger partial charge in [0.1, 0.15) is 0 Å². The third kappa shape index (κ3) is 1.52. The molecule has 1 aliphatic carbocycles. The van der Waals surface area contributed by atoms with Crippen molar-refractivity contribution in [2.75, 3.05) is 24.6 Å². The first kappa shape index (κ1) is 10.2. The molecular weight excluding hydrogens is 198 g/mol. The van der Waals surface area contributed by atoms with Crippen LogP contribution in [0.5, 0.6) is 0 Å². The van der Waals surface area contributed by atoms with Crippen LogP contribution in [-0.2, 0) is 5.41 Å². The van der Waals surface area contributed by atoms with Gasteiger partial charge in [0, 0.05) is 24.2 Å². The van der Waals surface area contributed by atoms with Gasteiger partial charge in [-0.3, -0.25) is 0 Å². The number of hydrogen-bond donors (Lipinski definition) is 1. The normalized spacial score (nSPS) is 22.4. The first-order valence-electron chi connectivity index (χ1n) is 6.31. The minimum atomic E-state index is 0.0964. The predicted octanol–water partition coefficient (Wildman–Crippen LogP) is 2.31. The minimum Gasteiger partial charge on any atom is -0.395 e. The highest BCUT2D eigenvalue weighted by atomic mass is 16.3. The molecule has 0 unspecified atom stereocenters. The summed E-state index contributed by atoms with van der Waals surface area (Å²) < 4.78 is 0. The molecule has 2 heteroatoms. The van der Waals surface area contributed by atoms with Crippen LogP contribution in [0, 0.1) is 0 Å². The number of hydrogen-bond acceptors (Lipinski definition) is 2. The maximum absolute atomic E-state index is 9.56. The van der Waals surface area contributed by atoms with E-state index in [1.807, 2.05) is 0 Å². The van der Waals surface area contributed by atoms with Gasteiger partial charge in [-0.05, 0) is 37.3 Å². The maximum Gasteiger partial charge on any atom is 0.0528 e. The molecule has 0 atom stereocenters. The predicted molar refractivity (Wildman–Crippen MR) is 65.9 cm³/mol. The van der Waals surface area contributed by atoms with Gasteiger partial charge >= 0.3 is 0 Å². The molecule has 0 aromatic heterocycles. The Hall–Kier alpha value is -1.02. The lowest BCUT2D eigenvalue weighted by atomic mass is 9.94. The Morgan fingerprint density at radius 3 is 2.44 bits per heavy atom. The number of aliphatic hydroxyl groups excluding tert-OH is 1. The first-order valence-corrected chi connectivity index (χ1v) is 6.31. The van der Waals surface area contributed by atoms with Crippen LogP contribution in [0.4, 0.5) is 5.69 Å². The van der Waals surface area contributed by atoms with E-state index >= 15 is 0 Å². The van der Waals surface area contributed by atoms with Crippen molar-refractivity contribution in [3.63, 3.8) is 0 Å². The van der Waals surface area contributed by atoms with Gasteiger partial charge < -0.3 is 10.0 Å². The Morgan fingerprint density at radius 1 is 1.12 bits per heavy atom. The molecule has 0 bridgehead atoms. The van der Waals surface area contributed by atoms with E-state index in [0.29, 0.717) is 6.61 Å². The van der Waals surface area contributed by atoms with Gasteiger partial charge in [-0.15, -0.1) is 0 Å². The highest BCUT2D eigenvalue weighted by Gasteiger charge is 2.45. The third-order valence-corrected chi connectivity index (χ3v) is 4.08. The fourth-order valence-electron chi connectivity index (χ4n) is 2.82. The van der Waals surface area contributed by atoms with Gasteiger partial charge in [-0.1, -0.05) is 18.2 Å². The molecule has 16 heavy (non-hydrogen) atoms. The van der Waals surface area contributed by atoms with Gasteiger partial charge in [0.25, 0.3) is 0 Å². The fraction of sp³-hybridized carbons (Fsp3) is 0.571. The number of nitrogens with zero attached hydrogens (tertiary/aromatic N) is 1. The summed E-state index contributed by atoms with van der Waals surface area (Å²) in [5.41, 5.74) is 2.84. The Balaban J connectivity index is 1.97. The Bertz CT molecular complexity index is 378.